The van der Waals surface area contributed by atoms with Gasteiger partial charge in [0.1, 0.15) is 0 Å². The van der Waals surface area contributed by atoms with E-state index in [1.165, 1.54) is 6.07 Å². The Kier molecular flexibility index (Phi) is 4.01. The lowest BCUT2D eigenvalue weighted by Gasteiger charge is -2.36. The molecule has 2 unspecified atom stereocenters. The number of halogens is 1. The van der Waals surface area contributed by atoms with Crippen LogP contribution in [-0.2, 0) is 0 Å². The molecule has 0 aromatic heterocycles. The SMILES string of the molecule is CC1CCC(C)N(C(=O)c2ccc([N+](=O)[O-])c(F)c2)C1. The van der Waals surface area contributed by atoms with Gasteiger partial charge in [0.2, 0.25) is 5.82 Å². The fourth-order valence-corrected chi connectivity index (χ4v) is 2.53. The van der Waals surface area contributed by atoms with E-state index in [1.807, 2.05) is 6.92 Å². The van der Waals surface area contributed by atoms with Gasteiger partial charge in [-0.05, 0) is 37.8 Å². The maximum absolute atomic E-state index is 13.6. The van der Waals surface area contributed by atoms with Crippen LogP contribution in [0, 0.1) is 21.8 Å². The molecule has 2 rings (SSSR count). The number of carbonyl (C=O) groups excluding carboxylic acids is 1. The summed E-state index contributed by atoms with van der Waals surface area (Å²) in [4.78, 5) is 23.9. The fraction of sp³-hybridized carbons (Fsp3) is 0.500. The molecular weight excluding hydrogens is 263 g/mol. The molecule has 0 aliphatic carbocycles. The summed E-state index contributed by atoms with van der Waals surface area (Å²) in [5.74, 6) is -0.825. The Hall–Kier alpha value is -1.98. The van der Waals surface area contributed by atoms with E-state index in [-0.39, 0.29) is 17.5 Å². The number of nitro benzene ring substituents is 1. The summed E-state index contributed by atoms with van der Waals surface area (Å²) >= 11 is 0. The van der Waals surface area contributed by atoms with Crippen molar-refractivity contribution in [2.75, 3.05) is 6.54 Å². The van der Waals surface area contributed by atoms with E-state index in [2.05, 4.69) is 6.92 Å². The number of piperidine rings is 1. The predicted octanol–water partition coefficient (Wildman–Crippen LogP) is 2.99. The number of hydrogen-bond donors (Lipinski definition) is 0. The largest absolute Gasteiger partial charge is 0.336 e. The van der Waals surface area contributed by atoms with Gasteiger partial charge in [-0.2, -0.15) is 4.39 Å². The zero-order valence-electron chi connectivity index (χ0n) is 11.5. The van der Waals surface area contributed by atoms with E-state index in [9.17, 15) is 19.3 Å². The molecule has 20 heavy (non-hydrogen) atoms. The highest BCUT2D eigenvalue weighted by atomic mass is 19.1. The molecule has 0 saturated carbocycles. The Morgan fingerprint density at radius 3 is 2.70 bits per heavy atom. The summed E-state index contributed by atoms with van der Waals surface area (Å²) in [6, 6.07) is 3.42. The van der Waals surface area contributed by atoms with Gasteiger partial charge in [-0.3, -0.25) is 14.9 Å². The van der Waals surface area contributed by atoms with Crippen molar-refractivity contribution < 1.29 is 14.1 Å². The first-order valence-electron chi connectivity index (χ1n) is 6.65. The minimum atomic E-state index is -0.974. The molecule has 1 aromatic rings. The molecule has 6 heteroatoms. The van der Waals surface area contributed by atoms with Gasteiger partial charge in [-0.1, -0.05) is 6.92 Å². The number of hydrogen-bond acceptors (Lipinski definition) is 3. The standard InChI is InChI=1S/C14H17FN2O3/c1-9-3-4-10(2)16(8-9)14(18)11-5-6-13(17(19)20)12(15)7-11/h5-7,9-10H,3-4,8H2,1-2H3. The molecule has 0 N–H and O–H groups in total. The predicted molar refractivity (Wildman–Crippen MR) is 72.0 cm³/mol. The van der Waals surface area contributed by atoms with Crippen LogP contribution in [0.5, 0.6) is 0 Å². The Balaban J connectivity index is 2.24. The van der Waals surface area contributed by atoms with Crippen molar-refractivity contribution in [1.29, 1.82) is 0 Å². The number of nitro groups is 1. The quantitative estimate of drug-likeness (QED) is 0.618. The first-order valence-corrected chi connectivity index (χ1v) is 6.65. The van der Waals surface area contributed by atoms with Crippen LogP contribution in [0.3, 0.4) is 0 Å². The Morgan fingerprint density at radius 1 is 1.40 bits per heavy atom. The lowest BCUT2D eigenvalue weighted by atomic mass is 9.94. The van der Waals surface area contributed by atoms with Crippen LogP contribution in [0.15, 0.2) is 18.2 Å². The van der Waals surface area contributed by atoms with Crippen LogP contribution in [0.1, 0.15) is 37.0 Å². The molecule has 1 aliphatic heterocycles. The second-order valence-corrected chi connectivity index (χ2v) is 5.41. The molecular formula is C14H17FN2O3. The van der Waals surface area contributed by atoms with Gasteiger partial charge in [-0.25, -0.2) is 0 Å². The van der Waals surface area contributed by atoms with Gasteiger partial charge in [0.15, 0.2) is 0 Å². The second-order valence-electron chi connectivity index (χ2n) is 5.41. The molecule has 0 bridgehead atoms. The van der Waals surface area contributed by atoms with E-state index in [4.69, 9.17) is 0 Å². The van der Waals surface area contributed by atoms with Crippen LogP contribution < -0.4 is 0 Å². The lowest BCUT2D eigenvalue weighted by Crippen LogP contribution is -2.44. The van der Waals surface area contributed by atoms with Crippen molar-refractivity contribution in [3.05, 3.63) is 39.7 Å². The highest BCUT2D eigenvalue weighted by molar-refractivity contribution is 5.94. The summed E-state index contributed by atoms with van der Waals surface area (Å²) in [5, 5.41) is 10.6. The number of rotatable bonds is 2. The average Bonchev–Trinajstić information content (AvgIpc) is 2.40. The van der Waals surface area contributed by atoms with Crippen LogP contribution >= 0.6 is 0 Å². The monoisotopic (exact) mass is 280 g/mol. The van der Waals surface area contributed by atoms with Gasteiger partial charge < -0.3 is 4.90 Å². The Labute approximate surface area is 116 Å². The molecule has 1 heterocycles. The maximum atomic E-state index is 13.6. The van der Waals surface area contributed by atoms with E-state index in [0.717, 1.165) is 25.0 Å². The van der Waals surface area contributed by atoms with Crippen molar-refractivity contribution in [3.63, 3.8) is 0 Å². The third kappa shape index (κ3) is 2.79. The smallest absolute Gasteiger partial charge is 0.304 e. The normalized spacial score (nSPS) is 22.6. The molecule has 1 fully saturated rings. The van der Waals surface area contributed by atoms with Crippen LogP contribution in [0.25, 0.3) is 0 Å². The van der Waals surface area contributed by atoms with E-state index < -0.39 is 16.4 Å². The van der Waals surface area contributed by atoms with Crippen molar-refractivity contribution >= 4 is 11.6 Å². The lowest BCUT2D eigenvalue weighted by molar-refractivity contribution is -0.387. The molecule has 2 atom stereocenters. The molecule has 1 amide bonds. The van der Waals surface area contributed by atoms with Crippen molar-refractivity contribution in [3.8, 4) is 0 Å². The fourth-order valence-electron chi connectivity index (χ4n) is 2.53. The third-order valence-corrected chi connectivity index (χ3v) is 3.77. The molecule has 0 spiro atoms. The summed E-state index contributed by atoms with van der Waals surface area (Å²) in [5.41, 5.74) is -0.448. The first-order chi connectivity index (χ1) is 9.40. The van der Waals surface area contributed by atoms with E-state index >= 15 is 0 Å². The zero-order chi connectivity index (χ0) is 14.9. The summed E-state index contributed by atoms with van der Waals surface area (Å²) < 4.78 is 13.6. The molecule has 5 nitrogen and oxygen atoms in total. The summed E-state index contributed by atoms with van der Waals surface area (Å²) in [6.07, 6.45) is 1.99. The number of amides is 1. The summed E-state index contributed by atoms with van der Waals surface area (Å²) in [7, 11) is 0. The number of carbonyl (C=O) groups is 1. The number of benzene rings is 1. The molecule has 1 aromatic carbocycles. The Bertz CT molecular complexity index is 547. The molecule has 1 saturated heterocycles. The van der Waals surface area contributed by atoms with Crippen LogP contribution in [0.4, 0.5) is 10.1 Å². The molecule has 1 aliphatic rings. The van der Waals surface area contributed by atoms with Crippen LogP contribution in [0.2, 0.25) is 0 Å². The van der Waals surface area contributed by atoms with Crippen molar-refractivity contribution in [1.82, 2.24) is 4.90 Å². The summed E-state index contributed by atoms with van der Waals surface area (Å²) in [6.45, 7) is 4.67. The second kappa shape index (κ2) is 5.56. The van der Waals surface area contributed by atoms with E-state index in [0.29, 0.717) is 12.5 Å². The minimum Gasteiger partial charge on any atom is -0.336 e. The highest BCUT2D eigenvalue weighted by Crippen LogP contribution is 2.25. The van der Waals surface area contributed by atoms with Gasteiger partial charge in [0, 0.05) is 24.2 Å². The topological polar surface area (TPSA) is 63.5 Å². The van der Waals surface area contributed by atoms with Gasteiger partial charge in [0.05, 0.1) is 4.92 Å². The first kappa shape index (κ1) is 14.4. The van der Waals surface area contributed by atoms with Gasteiger partial charge >= 0.3 is 5.69 Å². The average molecular weight is 280 g/mol. The minimum absolute atomic E-state index is 0.108. The van der Waals surface area contributed by atoms with Gasteiger partial charge in [-0.15, -0.1) is 0 Å². The van der Waals surface area contributed by atoms with E-state index in [1.54, 1.807) is 4.90 Å². The zero-order valence-corrected chi connectivity index (χ0v) is 11.5. The van der Waals surface area contributed by atoms with Gasteiger partial charge in [0.25, 0.3) is 5.91 Å². The molecule has 108 valence electrons. The molecule has 0 radical (unpaired) electrons. The highest BCUT2D eigenvalue weighted by Gasteiger charge is 2.28. The number of nitrogens with zero attached hydrogens (tertiary/aromatic N) is 2. The van der Waals surface area contributed by atoms with Crippen molar-refractivity contribution in [2.24, 2.45) is 5.92 Å². The van der Waals surface area contributed by atoms with Crippen molar-refractivity contribution in [2.45, 2.75) is 32.7 Å². The van der Waals surface area contributed by atoms with Crippen LogP contribution in [-0.4, -0.2) is 28.3 Å². The number of likely N-dealkylation sites (tertiary alicyclic amines) is 1. The Morgan fingerprint density at radius 2 is 2.10 bits per heavy atom. The maximum Gasteiger partial charge on any atom is 0.304 e. The third-order valence-electron chi connectivity index (χ3n) is 3.77.